The van der Waals surface area contributed by atoms with Crippen molar-refractivity contribution in [1.82, 2.24) is 4.90 Å². The molecule has 2 amide bonds. The minimum atomic E-state index is -0.355. The molecule has 5 nitrogen and oxygen atoms in total. The van der Waals surface area contributed by atoms with E-state index in [1.807, 2.05) is 39.0 Å². The fourth-order valence-electron chi connectivity index (χ4n) is 3.10. The van der Waals surface area contributed by atoms with Crippen molar-refractivity contribution in [2.45, 2.75) is 20.8 Å². The summed E-state index contributed by atoms with van der Waals surface area (Å²) < 4.78 is 5.47. The molecule has 2 aromatic carbocycles. The number of carbonyl (C=O) groups is 2. The molecule has 28 heavy (non-hydrogen) atoms. The Bertz CT molecular complexity index is 958. The molecule has 0 unspecified atom stereocenters. The molecule has 3 rings (SSSR count). The molecule has 0 aliphatic carbocycles. The van der Waals surface area contributed by atoms with Gasteiger partial charge in [-0.25, -0.2) is 0 Å². The van der Waals surface area contributed by atoms with Gasteiger partial charge < -0.3 is 10.1 Å². The van der Waals surface area contributed by atoms with Crippen molar-refractivity contribution < 1.29 is 14.3 Å². The van der Waals surface area contributed by atoms with E-state index in [-0.39, 0.29) is 24.1 Å². The molecule has 0 radical (unpaired) electrons. The van der Waals surface area contributed by atoms with Crippen molar-refractivity contribution >= 4 is 23.1 Å². The molecule has 1 aliphatic heterocycles. The summed E-state index contributed by atoms with van der Waals surface area (Å²) in [4.78, 5) is 27.1. The molecule has 1 N–H and O–H groups in total. The summed E-state index contributed by atoms with van der Waals surface area (Å²) in [5.41, 5.74) is 4.33. The van der Waals surface area contributed by atoms with Gasteiger partial charge in [0.15, 0.2) is 0 Å². The first-order valence-electron chi connectivity index (χ1n) is 9.25. The number of hydrogen-bond acceptors (Lipinski definition) is 4. The number of rotatable bonds is 7. The number of imide groups is 1. The van der Waals surface area contributed by atoms with Gasteiger partial charge >= 0.3 is 0 Å². The molecule has 0 spiro atoms. The maximum Gasteiger partial charge on any atom is 0.278 e. The average molecular weight is 376 g/mol. The van der Waals surface area contributed by atoms with E-state index in [9.17, 15) is 9.59 Å². The third-order valence-corrected chi connectivity index (χ3v) is 4.71. The largest absolute Gasteiger partial charge is 0.494 e. The number of amides is 2. The lowest BCUT2D eigenvalue weighted by molar-refractivity contribution is -0.136. The van der Waals surface area contributed by atoms with E-state index >= 15 is 0 Å². The van der Waals surface area contributed by atoms with Gasteiger partial charge in [0.1, 0.15) is 11.4 Å². The van der Waals surface area contributed by atoms with Crippen LogP contribution in [0.25, 0.3) is 5.57 Å². The van der Waals surface area contributed by atoms with Crippen molar-refractivity contribution in [2.24, 2.45) is 0 Å². The molecule has 0 bridgehead atoms. The first-order chi connectivity index (χ1) is 13.5. The Morgan fingerprint density at radius 2 is 1.75 bits per heavy atom. The molecular formula is C23H24N2O3. The van der Waals surface area contributed by atoms with E-state index < -0.39 is 0 Å². The summed E-state index contributed by atoms with van der Waals surface area (Å²) in [5, 5.41) is 3.17. The second-order valence-corrected chi connectivity index (χ2v) is 6.64. The highest BCUT2D eigenvalue weighted by Gasteiger charge is 2.38. The minimum absolute atomic E-state index is 0.163. The predicted molar refractivity (Wildman–Crippen MR) is 111 cm³/mol. The van der Waals surface area contributed by atoms with Gasteiger partial charge in [0.05, 0.1) is 12.2 Å². The van der Waals surface area contributed by atoms with Gasteiger partial charge in [0.2, 0.25) is 0 Å². The van der Waals surface area contributed by atoms with Crippen LogP contribution >= 0.6 is 0 Å². The maximum absolute atomic E-state index is 13.0. The number of ether oxygens (including phenoxy) is 1. The summed E-state index contributed by atoms with van der Waals surface area (Å²) >= 11 is 0. The molecule has 0 fully saturated rings. The second kappa shape index (κ2) is 8.13. The summed E-state index contributed by atoms with van der Waals surface area (Å²) in [5.74, 6) is 0.0302. The van der Waals surface area contributed by atoms with Crippen LogP contribution in [0.1, 0.15) is 23.6 Å². The molecule has 0 saturated carbocycles. The third kappa shape index (κ3) is 3.69. The Balaban J connectivity index is 2.04. The van der Waals surface area contributed by atoms with Gasteiger partial charge in [-0.2, -0.15) is 0 Å². The van der Waals surface area contributed by atoms with Crippen LogP contribution in [-0.2, 0) is 9.59 Å². The van der Waals surface area contributed by atoms with Gasteiger partial charge in [-0.05, 0) is 61.7 Å². The Morgan fingerprint density at radius 1 is 1.04 bits per heavy atom. The van der Waals surface area contributed by atoms with Gasteiger partial charge in [0.25, 0.3) is 11.8 Å². The highest BCUT2D eigenvalue weighted by Crippen LogP contribution is 2.31. The normalized spacial score (nSPS) is 13.9. The fraction of sp³-hybridized carbons (Fsp3) is 0.217. The van der Waals surface area contributed by atoms with Gasteiger partial charge in [-0.1, -0.05) is 24.3 Å². The van der Waals surface area contributed by atoms with E-state index in [0.29, 0.717) is 17.7 Å². The predicted octanol–water partition coefficient (Wildman–Crippen LogP) is 4.08. The smallest absolute Gasteiger partial charge is 0.278 e. The van der Waals surface area contributed by atoms with Crippen molar-refractivity contribution in [1.29, 1.82) is 0 Å². The highest BCUT2D eigenvalue weighted by molar-refractivity contribution is 6.36. The number of carbonyl (C=O) groups excluding carboxylic acids is 2. The van der Waals surface area contributed by atoms with Crippen LogP contribution < -0.4 is 10.1 Å². The zero-order valence-corrected chi connectivity index (χ0v) is 16.4. The molecule has 0 saturated heterocycles. The molecule has 0 atom stereocenters. The van der Waals surface area contributed by atoms with Crippen molar-refractivity contribution in [3.05, 3.63) is 77.5 Å². The summed E-state index contributed by atoms with van der Waals surface area (Å²) in [6, 6.07) is 13.0. The highest BCUT2D eigenvalue weighted by atomic mass is 16.5. The topological polar surface area (TPSA) is 58.6 Å². The zero-order chi connectivity index (χ0) is 20.3. The molecule has 1 heterocycles. The molecular weight excluding hydrogens is 352 g/mol. The van der Waals surface area contributed by atoms with Gasteiger partial charge in [-0.3, -0.25) is 14.5 Å². The van der Waals surface area contributed by atoms with Crippen molar-refractivity contribution in [3.8, 4) is 5.75 Å². The molecule has 144 valence electrons. The number of benzene rings is 2. The molecule has 2 aromatic rings. The summed E-state index contributed by atoms with van der Waals surface area (Å²) in [6.45, 7) is 10.3. The molecule has 5 heteroatoms. The number of anilines is 1. The first-order valence-corrected chi connectivity index (χ1v) is 9.25. The van der Waals surface area contributed by atoms with E-state index in [2.05, 4.69) is 11.9 Å². The monoisotopic (exact) mass is 376 g/mol. The summed E-state index contributed by atoms with van der Waals surface area (Å²) in [6.07, 6.45) is 1.55. The van der Waals surface area contributed by atoms with E-state index in [1.54, 1.807) is 30.3 Å². The number of nitrogens with one attached hydrogen (secondary N) is 1. The molecule has 0 aromatic heterocycles. The quantitative estimate of drug-likeness (QED) is 0.584. The maximum atomic E-state index is 13.0. The average Bonchev–Trinajstić information content (AvgIpc) is 2.90. The number of aryl methyl sites for hydroxylation is 2. The van der Waals surface area contributed by atoms with Crippen LogP contribution in [0.2, 0.25) is 0 Å². The zero-order valence-electron chi connectivity index (χ0n) is 16.4. The lowest BCUT2D eigenvalue weighted by Crippen LogP contribution is -2.32. The number of hydrogen-bond donors (Lipinski definition) is 1. The van der Waals surface area contributed by atoms with Crippen LogP contribution in [0.15, 0.2) is 60.8 Å². The fourth-order valence-corrected chi connectivity index (χ4v) is 3.10. The second-order valence-electron chi connectivity index (χ2n) is 6.64. The van der Waals surface area contributed by atoms with Crippen LogP contribution in [0.5, 0.6) is 5.75 Å². The Morgan fingerprint density at radius 3 is 2.36 bits per heavy atom. The van der Waals surface area contributed by atoms with E-state index in [4.69, 9.17) is 4.74 Å². The van der Waals surface area contributed by atoms with Crippen molar-refractivity contribution in [2.75, 3.05) is 18.5 Å². The van der Waals surface area contributed by atoms with Crippen LogP contribution in [0.3, 0.4) is 0 Å². The van der Waals surface area contributed by atoms with E-state index in [1.165, 1.54) is 4.90 Å². The van der Waals surface area contributed by atoms with E-state index in [0.717, 1.165) is 22.6 Å². The van der Waals surface area contributed by atoms with Crippen LogP contribution in [0, 0.1) is 13.8 Å². The lowest BCUT2D eigenvalue weighted by atomic mass is 10.0. The lowest BCUT2D eigenvalue weighted by Gasteiger charge is -2.13. The molecule has 1 aliphatic rings. The Kier molecular flexibility index (Phi) is 5.64. The third-order valence-electron chi connectivity index (χ3n) is 4.71. The standard InChI is InChI=1S/C23H24N2O3/c1-5-13-25-22(26)20(17-8-11-19(12-9-17)28-6-2)21(23(25)27)24-18-10-7-15(3)16(4)14-18/h5,7-12,14,24H,1,6,13H2,2-4H3. The number of nitrogens with zero attached hydrogens (tertiary/aromatic N) is 1. The van der Waals surface area contributed by atoms with Gasteiger partial charge in [0, 0.05) is 12.2 Å². The Hall–Kier alpha value is -3.34. The minimum Gasteiger partial charge on any atom is -0.494 e. The van der Waals surface area contributed by atoms with Crippen LogP contribution in [-0.4, -0.2) is 29.9 Å². The van der Waals surface area contributed by atoms with Crippen molar-refractivity contribution in [3.63, 3.8) is 0 Å². The SMILES string of the molecule is C=CCN1C(=O)C(Nc2ccc(C)c(C)c2)=C(c2ccc(OCC)cc2)C1=O. The first kappa shape index (κ1) is 19.4. The summed E-state index contributed by atoms with van der Waals surface area (Å²) in [7, 11) is 0. The van der Waals surface area contributed by atoms with Crippen LogP contribution in [0.4, 0.5) is 5.69 Å². The Labute approximate surface area is 165 Å². The van der Waals surface area contributed by atoms with Gasteiger partial charge in [-0.15, -0.1) is 6.58 Å².